The zero-order valence-electron chi connectivity index (χ0n) is 15.1. The maximum absolute atomic E-state index is 12.3. The topological polar surface area (TPSA) is 74.2 Å². The molecule has 0 atom stereocenters. The third kappa shape index (κ3) is 4.20. The van der Waals surface area contributed by atoms with Gasteiger partial charge in [-0.3, -0.25) is 4.79 Å². The lowest BCUT2D eigenvalue weighted by Gasteiger charge is -2.35. The Morgan fingerprint density at radius 3 is 2.21 bits per heavy atom. The van der Waals surface area contributed by atoms with E-state index in [2.05, 4.69) is 30.1 Å². The molecule has 3 heterocycles. The molecule has 3 aromatic rings. The van der Waals surface area contributed by atoms with Gasteiger partial charge in [0.1, 0.15) is 5.82 Å². The first-order valence-corrected chi connectivity index (χ1v) is 9.37. The van der Waals surface area contributed by atoms with Gasteiger partial charge in [0, 0.05) is 55.5 Å². The zero-order chi connectivity index (χ0) is 19.3. The van der Waals surface area contributed by atoms with Crippen molar-refractivity contribution in [3.8, 4) is 0 Å². The van der Waals surface area contributed by atoms with Crippen molar-refractivity contribution in [2.75, 3.05) is 41.3 Å². The summed E-state index contributed by atoms with van der Waals surface area (Å²) in [6.07, 6.45) is 4.91. The van der Waals surface area contributed by atoms with Gasteiger partial charge in [-0.1, -0.05) is 17.7 Å². The average molecular weight is 395 g/mol. The van der Waals surface area contributed by atoms with Gasteiger partial charge in [-0.15, -0.1) is 0 Å². The molecular weight excluding hydrogens is 376 g/mol. The fourth-order valence-electron chi connectivity index (χ4n) is 3.01. The SMILES string of the molecule is O=C(Nc1ccc(Cl)cc1)c1cnc(N2CCN(c3ccccn3)CC2)nc1. The molecule has 1 N–H and O–H groups in total. The van der Waals surface area contributed by atoms with E-state index in [1.165, 1.54) is 0 Å². The van der Waals surface area contributed by atoms with Gasteiger partial charge in [-0.2, -0.15) is 0 Å². The predicted molar refractivity (Wildman–Crippen MR) is 110 cm³/mol. The minimum atomic E-state index is -0.256. The molecule has 0 saturated carbocycles. The summed E-state index contributed by atoms with van der Waals surface area (Å²) < 4.78 is 0. The molecular formula is C20H19ClN6O. The highest BCUT2D eigenvalue weighted by molar-refractivity contribution is 6.30. The van der Waals surface area contributed by atoms with E-state index in [-0.39, 0.29) is 5.91 Å². The molecule has 0 spiro atoms. The van der Waals surface area contributed by atoms with E-state index in [4.69, 9.17) is 11.6 Å². The Bertz CT molecular complexity index is 925. The summed E-state index contributed by atoms with van der Waals surface area (Å²) in [6, 6.07) is 12.9. The Morgan fingerprint density at radius 1 is 0.893 bits per heavy atom. The number of anilines is 3. The molecule has 4 rings (SSSR count). The van der Waals surface area contributed by atoms with Crippen LogP contribution in [0.2, 0.25) is 5.02 Å². The number of carbonyl (C=O) groups is 1. The van der Waals surface area contributed by atoms with E-state index < -0.39 is 0 Å². The number of halogens is 1. The highest BCUT2D eigenvalue weighted by Gasteiger charge is 2.20. The summed E-state index contributed by atoms with van der Waals surface area (Å²) >= 11 is 5.86. The number of nitrogens with zero attached hydrogens (tertiary/aromatic N) is 5. The first-order valence-electron chi connectivity index (χ1n) is 8.99. The molecule has 8 heteroatoms. The van der Waals surface area contributed by atoms with Crippen LogP contribution < -0.4 is 15.1 Å². The maximum atomic E-state index is 12.3. The smallest absolute Gasteiger partial charge is 0.258 e. The Morgan fingerprint density at radius 2 is 1.57 bits per heavy atom. The number of pyridine rings is 1. The van der Waals surface area contributed by atoms with Crippen LogP contribution in [0.1, 0.15) is 10.4 Å². The number of amides is 1. The van der Waals surface area contributed by atoms with E-state index in [0.29, 0.717) is 22.2 Å². The molecule has 7 nitrogen and oxygen atoms in total. The highest BCUT2D eigenvalue weighted by atomic mass is 35.5. The molecule has 0 aliphatic carbocycles. The Kier molecular flexibility index (Phi) is 5.34. The van der Waals surface area contributed by atoms with Crippen molar-refractivity contribution < 1.29 is 4.79 Å². The molecule has 1 fully saturated rings. The highest BCUT2D eigenvalue weighted by Crippen LogP contribution is 2.17. The number of benzene rings is 1. The number of aromatic nitrogens is 3. The molecule has 1 saturated heterocycles. The van der Waals surface area contributed by atoms with Crippen molar-refractivity contribution in [1.82, 2.24) is 15.0 Å². The number of carbonyl (C=O) groups excluding carboxylic acids is 1. The average Bonchev–Trinajstić information content (AvgIpc) is 2.76. The van der Waals surface area contributed by atoms with Crippen molar-refractivity contribution in [3.05, 3.63) is 71.6 Å². The van der Waals surface area contributed by atoms with Crippen molar-refractivity contribution in [2.24, 2.45) is 0 Å². The second-order valence-electron chi connectivity index (χ2n) is 6.39. The monoisotopic (exact) mass is 394 g/mol. The van der Waals surface area contributed by atoms with Crippen LogP contribution in [0.15, 0.2) is 61.1 Å². The van der Waals surface area contributed by atoms with Gasteiger partial charge in [0.2, 0.25) is 5.95 Å². The Hall–Kier alpha value is -3.19. The minimum Gasteiger partial charge on any atom is -0.353 e. The summed E-state index contributed by atoms with van der Waals surface area (Å²) in [5.74, 6) is 1.36. The second kappa shape index (κ2) is 8.22. The normalized spacial score (nSPS) is 14.0. The molecule has 142 valence electrons. The van der Waals surface area contributed by atoms with E-state index >= 15 is 0 Å². The first kappa shape index (κ1) is 18.2. The van der Waals surface area contributed by atoms with Crippen LogP contribution in [0.4, 0.5) is 17.5 Å². The van der Waals surface area contributed by atoms with Gasteiger partial charge >= 0.3 is 0 Å². The third-order valence-corrected chi connectivity index (χ3v) is 4.79. The number of rotatable bonds is 4. The molecule has 0 bridgehead atoms. The van der Waals surface area contributed by atoms with Crippen LogP contribution in [0.5, 0.6) is 0 Å². The minimum absolute atomic E-state index is 0.256. The number of hydrogen-bond acceptors (Lipinski definition) is 6. The molecule has 1 aliphatic rings. The molecule has 1 aliphatic heterocycles. The fraction of sp³-hybridized carbons (Fsp3) is 0.200. The van der Waals surface area contributed by atoms with Gasteiger partial charge in [0.25, 0.3) is 5.91 Å². The lowest BCUT2D eigenvalue weighted by Crippen LogP contribution is -2.47. The maximum Gasteiger partial charge on any atom is 0.258 e. The third-order valence-electron chi connectivity index (χ3n) is 4.54. The number of hydrogen-bond donors (Lipinski definition) is 1. The van der Waals surface area contributed by atoms with E-state index in [9.17, 15) is 4.79 Å². The lowest BCUT2D eigenvalue weighted by molar-refractivity contribution is 0.102. The van der Waals surface area contributed by atoms with Crippen molar-refractivity contribution in [3.63, 3.8) is 0 Å². The fourth-order valence-corrected chi connectivity index (χ4v) is 3.14. The van der Waals surface area contributed by atoms with Crippen LogP contribution in [-0.4, -0.2) is 47.0 Å². The van der Waals surface area contributed by atoms with Crippen molar-refractivity contribution in [2.45, 2.75) is 0 Å². The van der Waals surface area contributed by atoms with Crippen LogP contribution in [0.3, 0.4) is 0 Å². The van der Waals surface area contributed by atoms with Crippen LogP contribution in [-0.2, 0) is 0 Å². The quantitative estimate of drug-likeness (QED) is 0.733. The number of piperazine rings is 1. The molecule has 2 aromatic heterocycles. The van der Waals surface area contributed by atoms with E-state index in [1.54, 1.807) is 42.9 Å². The molecule has 28 heavy (non-hydrogen) atoms. The van der Waals surface area contributed by atoms with Gasteiger partial charge in [0.15, 0.2) is 0 Å². The van der Waals surface area contributed by atoms with E-state index in [0.717, 1.165) is 32.0 Å². The van der Waals surface area contributed by atoms with Crippen LogP contribution in [0.25, 0.3) is 0 Å². The molecule has 0 unspecified atom stereocenters. The summed E-state index contributed by atoms with van der Waals surface area (Å²) in [4.78, 5) is 29.8. The summed E-state index contributed by atoms with van der Waals surface area (Å²) in [5.41, 5.74) is 1.08. The summed E-state index contributed by atoms with van der Waals surface area (Å²) in [7, 11) is 0. The Balaban J connectivity index is 1.36. The summed E-state index contributed by atoms with van der Waals surface area (Å²) in [6.45, 7) is 3.29. The molecule has 0 radical (unpaired) electrons. The van der Waals surface area contributed by atoms with E-state index in [1.807, 2.05) is 18.2 Å². The van der Waals surface area contributed by atoms with Gasteiger partial charge in [-0.25, -0.2) is 15.0 Å². The predicted octanol–water partition coefficient (Wildman–Crippen LogP) is 3.10. The Labute approximate surface area is 168 Å². The zero-order valence-corrected chi connectivity index (χ0v) is 15.9. The first-order chi connectivity index (χ1) is 13.7. The lowest BCUT2D eigenvalue weighted by atomic mass is 10.2. The second-order valence-corrected chi connectivity index (χ2v) is 6.83. The van der Waals surface area contributed by atoms with Crippen LogP contribution >= 0.6 is 11.6 Å². The summed E-state index contributed by atoms with van der Waals surface area (Å²) in [5, 5.41) is 3.42. The standard InChI is InChI=1S/C20H19ClN6O/c21-16-4-6-17(7-5-16)25-19(28)15-13-23-20(24-14-15)27-11-9-26(10-12-27)18-3-1-2-8-22-18/h1-8,13-14H,9-12H2,(H,25,28). The van der Waals surface area contributed by atoms with Gasteiger partial charge in [0.05, 0.1) is 5.56 Å². The molecule has 1 aromatic carbocycles. The number of nitrogens with one attached hydrogen (secondary N) is 1. The van der Waals surface area contributed by atoms with Crippen molar-refractivity contribution >= 4 is 35.0 Å². The van der Waals surface area contributed by atoms with Gasteiger partial charge in [-0.05, 0) is 36.4 Å². The van der Waals surface area contributed by atoms with Crippen LogP contribution in [0, 0.1) is 0 Å². The largest absolute Gasteiger partial charge is 0.353 e. The molecule has 1 amide bonds. The van der Waals surface area contributed by atoms with Crippen molar-refractivity contribution in [1.29, 1.82) is 0 Å². The van der Waals surface area contributed by atoms with Gasteiger partial charge < -0.3 is 15.1 Å².